The molecule has 0 saturated carbocycles. The second-order valence-corrected chi connectivity index (χ2v) is 3.34. The van der Waals surface area contributed by atoms with Gasteiger partial charge in [0.25, 0.3) is 11.8 Å². The SMILES string of the molecule is C=C(C(=O)CCO)C(=O)ON1C(=O)CCC1=O. The van der Waals surface area contributed by atoms with Gasteiger partial charge < -0.3 is 9.94 Å². The average molecular weight is 241 g/mol. The molecule has 17 heavy (non-hydrogen) atoms. The Morgan fingerprint density at radius 1 is 1.29 bits per heavy atom. The van der Waals surface area contributed by atoms with Gasteiger partial charge in [-0.15, -0.1) is 5.06 Å². The van der Waals surface area contributed by atoms with Gasteiger partial charge in [0.2, 0.25) is 0 Å². The number of hydroxylamine groups is 2. The lowest BCUT2D eigenvalue weighted by Gasteiger charge is -2.12. The first-order valence-corrected chi connectivity index (χ1v) is 4.88. The minimum Gasteiger partial charge on any atom is -0.396 e. The molecule has 0 atom stereocenters. The fourth-order valence-electron chi connectivity index (χ4n) is 1.16. The Kier molecular flexibility index (Phi) is 4.11. The highest BCUT2D eigenvalue weighted by Gasteiger charge is 2.34. The molecule has 0 bridgehead atoms. The van der Waals surface area contributed by atoms with Crippen LogP contribution in [-0.4, -0.2) is 40.3 Å². The van der Waals surface area contributed by atoms with E-state index in [1.165, 1.54) is 0 Å². The van der Waals surface area contributed by atoms with Gasteiger partial charge in [0.15, 0.2) is 5.78 Å². The first-order chi connectivity index (χ1) is 7.97. The molecule has 1 fully saturated rings. The number of hydrogen-bond acceptors (Lipinski definition) is 6. The van der Waals surface area contributed by atoms with Crippen LogP contribution in [0, 0.1) is 0 Å². The standard InChI is InChI=1S/C10H11NO6/c1-6(7(13)4-5-12)10(16)17-11-8(14)2-3-9(11)15/h12H,1-5H2. The van der Waals surface area contributed by atoms with Gasteiger partial charge in [0, 0.05) is 19.3 Å². The van der Waals surface area contributed by atoms with E-state index in [2.05, 4.69) is 11.4 Å². The van der Waals surface area contributed by atoms with Gasteiger partial charge in [-0.1, -0.05) is 6.58 Å². The molecule has 0 aromatic heterocycles. The molecule has 0 radical (unpaired) electrons. The summed E-state index contributed by atoms with van der Waals surface area (Å²) in [4.78, 5) is 49.2. The largest absolute Gasteiger partial charge is 0.396 e. The van der Waals surface area contributed by atoms with E-state index in [9.17, 15) is 19.2 Å². The van der Waals surface area contributed by atoms with Crippen LogP contribution in [0.2, 0.25) is 0 Å². The van der Waals surface area contributed by atoms with E-state index in [1.807, 2.05) is 0 Å². The van der Waals surface area contributed by atoms with Crippen LogP contribution < -0.4 is 0 Å². The van der Waals surface area contributed by atoms with E-state index in [-0.39, 0.29) is 19.3 Å². The molecule has 0 aliphatic carbocycles. The Morgan fingerprint density at radius 3 is 2.29 bits per heavy atom. The second kappa shape index (κ2) is 5.35. The molecule has 0 spiro atoms. The zero-order valence-corrected chi connectivity index (χ0v) is 8.97. The summed E-state index contributed by atoms with van der Waals surface area (Å²) in [6, 6.07) is 0. The number of aliphatic hydroxyl groups is 1. The number of carbonyl (C=O) groups is 4. The van der Waals surface area contributed by atoms with Gasteiger partial charge in [-0.25, -0.2) is 4.79 Å². The predicted molar refractivity (Wildman–Crippen MR) is 53.0 cm³/mol. The van der Waals surface area contributed by atoms with Crippen molar-refractivity contribution in [3.8, 4) is 0 Å². The first-order valence-electron chi connectivity index (χ1n) is 4.88. The van der Waals surface area contributed by atoms with Crippen LogP contribution in [0.4, 0.5) is 0 Å². The van der Waals surface area contributed by atoms with Crippen molar-refractivity contribution in [1.29, 1.82) is 0 Å². The van der Waals surface area contributed by atoms with Crippen LogP contribution in [0.5, 0.6) is 0 Å². The van der Waals surface area contributed by atoms with Gasteiger partial charge >= 0.3 is 5.97 Å². The molecule has 1 heterocycles. The zero-order chi connectivity index (χ0) is 13.0. The Balaban J connectivity index is 2.60. The summed E-state index contributed by atoms with van der Waals surface area (Å²) >= 11 is 0. The van der Waals surface area contributed by atoms with Gasteiger partial charge in [-0.2, -0.15) is 0 Å². The van der Waals surface area contributed by atoms with Gasteiger partial charge in [0.05, 0.1) is 12.2 Å². The van der Waals surface area contributed by atoms with Gasteiger partial charge in [-0.05, 0) is 0 Å². The molecule has 0 aromatic rings. The van der Waals surface area contributed by atoms with Crippen LogP contribution in [0.3, 0.4) is 0 Å². The minimum absolute atomic E-state index is 0.0246. The number of rotatable bonds is 5. The summed E-state index contributed by atoms with van der Waals surface area (Å²) in [5, 5.41) is 8.84. The maximum Gasteiger partial charge on any atom is 0.366 e. The van der Waals surface area contributed by atoms with E-state index in [4.69, 9.17) is 5.11 Å². The van der Waals surface area contributed by atoms with Crippen molar-refractivity contribution in [3.63, 3.8) is 0 Å². The van der Waals surface area contributed by atoms with Crippen molar-refractivity contribution in [2.75, 3.05) is 6.61 Å². The summed E-state index contributed by atoms with van der Waals surface area (Å²) < 4.78 is 0. The summed E-state index contributed by atoms with van der Waals surface area (Å²) in [6.07, 6.45) is -0.317. The lowest BCUT2D eigenvalue weighted by Crippen LogP contribution is -2.33. The van der Waals surface area contributed by atoms with Crippen molar-refractivity contribution in [2.24, 2.45) is 0 Å². The summed E-state index contributed by atoms with van der Waals surface area (Å²) in [5.41, 5.74) is -0.508. The summed E-state index contributed by atoms with van der Waals surface area (Å²) in [7, 11) is 0. The molecule has 0 unspecified atom stereocenters. The molecular weight excluding hydrogens is 230 g/mol. The monoisotopic (exact) mass is 241 g/mol. The van der Waals surface area contributed by atoms with Gasteiger partial charge in [0.1, 0.15) is 0 Å². The fourth-order valence-corrected chi connectivity index (χ4v) is 1.16. The summed E-state index contributed by atoms with van der Waals surface area (Å²) in [6.45, 7) is 2.76. The van der Waals surface area contributed by atoms with Crippen LogP contribution in [0.1, 0.15) is 19.3 Å². The fraction of sp³-hybridized carbons (Fsp3) is 0.400. The highest BCUT2D eigenvalue weighted by Crippen LogP contribution is 2.13. The molecule has 1 N–H and O–H groups in total. The summed E-state index contributed by atoms with van der Waals surface area (Å²) in [5.74, 6) is -3.12. The highest BCUT2D eigenvalue weighted by molar-refractivity contribution is 6.17. The lowest BCUT2D eigenvalue weighted by atomic mass is 10.1. The number of hydrogen-bond donors (Lipinski definition) is 1. The molecule has 1 saturated heterocycles. The first kappa shape index (κ1) is 13.0. The number of carbonyl (C=O) groups excluding carboxylic acids is 4. The van der Waals surface area contributed by atoms with E-state index >= 15 is 0 Å². The van der Waals surface area contributed by atoms with Crippen molar-refractivity contribution < 1.29 is 29.1 Å². The second-order valence-electron chi connectivity index (χ2n) is 3.34. The smallest absolute Gasteiger partial charge is 0.366 e. The molecule has 0 aromatic carbocycles. The normalized spacial score (nSPS) is 15.0. The van der Waals surface area contributed by atoms with E-state index < -0.39 is 35.7 Å². The van der Waals surface area contributed by atoms with Crippen LogP contribution in [-0.2, 0) is 24.0 Å². The van der Waals surface area contributed by atoms with Crippen LogP contribution in [0.25, 0.3) is 0 Å². The number of imide groups is 1. The predicted octanol–water partition coefficient (Wildman–Crippen LogP) is -0.899. The van der Waals surface area contributed by atoms with Crippen molar-refractivity contribution in [1.82, 2.24) is 5.06 Å². The number of aliphatic hydroxyl groups excluding tert-OH is 1. The molecule has 1 aliphatic rings. The van der Waals surface area contributed by atoms with E-state index in [0.29, 0.717) is 5.06 Å². The molecule has 1 aliphatic heterocycles. The molecule has 92 valence electrons. The minimum atomic E-state index is -1.16. The van der Waals surface area contributed by atoms with E-state index in [0.717, 1.165) is 0 Å². The molecule has 7 heteroatoms. The Bertz CT molecular complexity index is 384. The number of amides is 2. The molecule has 1 rings (SSSR count). The molecule has 2 amide bonds. The van der Waals surface area contributed by atoms with Crippen LogP contribution in [0.15, 0.2) is 12.2 Å². The Hall–Kier alpha value is -2.02. The van der Waals surface area contributed by atoms with E-state index in [1.54, 1.807) is 0 Å². The average Bonchev–Trinajstić information content (AvgIpc) is 2.60. The quantitative estimate of drug-likeness (QED) is 0.290. The Morgan fingerprint density at radius 2 is 1.82 bits per heavy atom. The number of ketones is 1. The number of nitrogens with zero attached hydrogens (tertiary/aromatic N) is 1. The topological polar surface area (TPSA) is 101 Å². The maximum atomic E-state index is 11.3. The molecule has 7 nitrogen and oxygen atoms in total. The zero-order valence-electron chi connectivity index (χ0n) is 8.97. The van der Waals surface area contributed by atoms with Crippen molar-refractivity contribution in [3.05, 3.63) is 12.2 Å². The maximum absolute atomic E-state index is 11.3. The van der Waals surface area contributed by atoms with Crippen LogP contribution >= 0.6 is 0 Å². The van der Waals surface area contributed by atoms with Gasteiger partial charge in [-0.3, -0.25) is 14.4 Å². The highest BCUT2D eigenvalue weighted by atomic mass is 16.7. The third kappa shape index (κ3) is 2.97. The van der Waals surface area contributed by atoms with Crippen molar-refractivity contribution in [2.45, 2.75) is 19.3 Å². The third-order valence-corrected chi connectivity index (χ3v) is 2.10. The number of Topliss-reactive ketones (excluding diaryl/α,β-unsaturated/α-hetero) is 1. The Labute approximate surface area is 96.6 Å². The van der Waals surface area contributed by atoms with Crippen molar-refractivity contribution >= 4 is 23.6 Å². The molecular formula is C10H11NO6. The lowest BCUT2D eigenvalue weighted by molar-refractivity contribution is -0.194. The third-order valence-electron chi connectivity index (χ3n) is 2.10.